The highest BCUT2D eigenvalue weighted by molar-refractivity contribution is 5.83. The molecule has 4 saturated carbocycles. The Morgan fingerprint density at radius 3 is 2.55 bits per heavy atom. The number of imidazole rings is 1. The van der Waals surface area contributed by atoms with Crippen molar-refractivity contribution in [2.45, 2.75) is 56.5 Å². The fourth-order valence-electron chi connectivity index (χ4n) is 6.99. The number of nitrogen functional groups attached to an aromatic ring is 1. The van der Waals surface area contributed by atoms with E-state index in [2.05, 4.69) is 20.3 Å². The van der Waals surface area contributed by atoms with E-state index in [1.807, 2.05) is 0 Å². The first-order valence-electron chi connectivity index (χ1n) is 11.1. The molecule has 166 valence electrons. The summed E-state index contributed by atoms with van der Waals surface area (Å²) >= 11 is 0. The lowest BCUT2D eigenvalue weighted by Crippen LogP contribution is -2.55. The van der Waals surface area contributed by atoms with Crippen LogP contribution in [0.3, 0.4) is 0 Å². The molecule has 4 bridgehead atoms. The van der Waals surface area contributed by atoms with Gasteiger partial charge in [0.1, 0.15) is 24.1 Å². The maximum atomic E-state index is 13.2. The van der Waals surface area contributed by atoms with E-state index in [1.165, 1.54) is 36.5 Å². The van der Waals surface area contributed by atoms with Crippen LogP contribution in [0.4, 0.5) is 5.82 Å². The molecule has 31 heavy (non-hydrogen) atoms. The summed E-state index contributed by atoms with van der Waals surface area (Å²) in [5.74, 6) is 2.31. The Hall–Kier alpha value is -2.30. The lowest BCUT2D eigenvalue weighted by molar-refractivity contribution is -0.147. The number of carbonyl (C=O) groups is 1. The smallest absolute Gasteiger partial charge is 0.226 e. The van der Waals surface area contributed by atoms with Gasteiger partial charge in [-0.25, -0.2) is 15.0 Å². The van der Waals surface area contributed by atoms with Crippen LogP contribution in [0.5, 0.6) is 0 Å². The molecule has 0 radical (unpaired) electrons. The van der Waals surface area contributed by atoms with Crippen LogP contribution in [-0.2, 0) is 15.3 Å². The molecule has 3 atom stereocenters. The van der Waals surface area contributed by atoms with E-state index in [-0.39, 0.29) is 30.3 Å². The van der Waals surface area contributed by atoms with Crippen LogP contribution in [0.2, 0.25) is 0 Å². The minimum Gasteiger partial charge on any atom is -0.385 e. The number of hydrogen-bond acceptors (Lipinski definition) is 8. The number of nitrogens with zero attached hydrogens (tertiary/aromatic N) is 4. The number of carbonyl (C=O) groups excluding carboxylic acids is 1. The Bertz CT molecular complexity index is 1000. The molecular weight excluding hydrogens is 400 g/mol. The molecule has 3 heterocycles. The second kappa shape index (κ2) is 6.60. The van der Waals surface area contributed by atoms with Gasteiger partial charge in [-0.15, -0.1) is 0 Å². The Labute approximate surface area is 179 Å². The molecule has 0 aromatic carbocycles. The third kappa shape index (κ3) is 2.81. The zero-order chi connectivity index (χ0) is 21.4. The topological polar surface area (TPSA) is 148 Å². The van der Waals surface area contributed by atoms with E-state index in [4.69, 9.17) is 10.5 Å². The Balaban J connectivity index is 1.17. The van der Waals surface area contributed by atoms with Crippen LogP contribution in [0.1, 0.15) is 38.5 Å². The highest BCUT2D eigenvalue weighted by atomic mass is 16.5. The van der Waals surface area contributed by atoms with E-state index >= 15 is 0 Å². The third-order valence-electron chi connectivity index (χ3n) is 8.10. The number of hydrogen-bond donors (Lipinski definition) is 4. The highest BCUT2D eigenvalue weighted by Crippen LogP contribution is 2.60. The molecule has 10 heteroatoms. The fourth-order valence-corrected chi connectivity index (χ4v) is 6.99. The number of aromatic nitrogens is 4. The van der Waals surface area contributed by atoms with Crippen molar-refractivity contribution in [2.75, 3.05) is 18.9 Å². The summed E-state index contributed by atoms with van der Waals surface area (Å²) in [6, 6.07) is 0. The van der Waals surface area contributed by atoms with Crippen LogP contribution in [-0.4, -0.2) is 61.0 Å². The zero-order valence-electron chi connectivity index (χ0n) is 17.3. The van der Waals surface area contributed by atoms with Crippen LogP contribution in [0.25, 0.3) is 11.2 Å². The van der Waals surface area contributed by atoms with Gasteiger partial charge in [0.15, 0.2) is 17.2 Å². The molecule has 7 rings (SSSR count). The summed E-state index contributed by atoms with van der Waals surface area (Å²) in [7, 11) is 0. The molecule has 5 aliphatic rings. The number of rotatable bonds is 4. The largest absolute Gasteiger partial charge is 0.385 e. The number of anilines is 1. The number of nitrogens with one attached hydrogen (secondary N) is 1. The Morgan fingerprint density at radius 2 is 1.87 bits per heavy atom. The van der Waals surface area contributed by atoms with Crippen molar-refractivity contribution >= 4 is 22.9 Å². The first kappa shape index (κ1) is 19.4. The van der Waals surface area contributed by atoms with Crippen molar-refractivity contribution in [1.29, 1.82) is 0 Å². The lowest BCUT2D eigenvalue weighted by atomic mass is 9.49. The molecule has 3 unspecified atom stereocenters. The van der Waals surface area contributed by atoms with Gasteiger partial charge in [-0.2, -0.15) is 0 Å². The number of aliphatic hydroxyl groups excluding tert-OH is 1. The van der Waals surface area contributed by atoms with Gasteiger partial charge < -0.3 is 26.0 Å². The molecule has 2 aromatic rings. The second-order valence-electron chi connectivity index (χ2n) is 10.1. The van der Waals surface area contributed by atoms with Gasteiger partial charge in [0.2, 0.25) is 5.91 Å². The summed E-state index contributed by atoms with van der Waals surface area (Å²) in [4.78, 5) is 25.4. The minimum absolute atomic E-state index is 0.0754. The van der Waals surface area contributed by atoms with E-state index in [1.54, 1.807) is 0 Å². The minimum atomic E-state index is -1.76. The molecule has 0 spiro atoms. The van der Waals surface area contributed by atoms with Gasteiger partial charge in [-0.3, -0.25) is 9.36 Å². The molecule has 1 saturated heterocycles. The predicted molar refractivity (Wildman–Crippen MR) is 109 cm³/mol. The quantitative estimate of drug-likeness (QED) is 0.538. The summed E-state index contributed by atoms with van der Waals surface area (Å²) in [5, 5.41) is 25.2. The number of fused-ring (bicyclic) bond motifs is 1. The average Bonchev–Trinajstić information content (AvgIpc) is 3.29. The first-order chi connectivity index (χ1) is 14.9. The van der Waals surface area contributed by atoms with Gasteiger partial charge in [0.25, 0.3) is 0 Å². The van der Waals surface area contributed by atoms with Crippen LogP contribution < -0.4 is 11.1 Å². The zero-order valence-corrected chi connectivity index (χ0v) is 17.3. The van der Waals surface area contributed by atoms with Crippen LogP contribution >= 0.6 is 0 Å². The number of ether oxygens (including phenoxy) is 1. The summed E-state index contributed by atoms with van der Waals surface area (Å²) in [6.45, 7) is -0.00471. The van der Waals surface area contributed by atoms with Gasteiger partial charge in [0.05, 0.1) is 12.9 Å². The number of nitrogens with two attached hydrogens (primary N) is 1. The molecule has 2 aromatic heterocycles. The molecular formula is C21H28N6O4. The molecule has 1 aliphatic heterocycles. The number of aliphatic hydroxyl groups is 2. The van der Waals surface area contributed by atoms with Crippen molar-refractivity contribution < 1.29 is 19.7 Å². The Kier molecular flexibility index (Phi) is 4.13. The normalized spacial score (nSPS) is 41.2. The van der Waals surface area contributed by atoms with Gasteiger partial charge in [0, 0.05) is 12.0 Å². The fraction of sp³-hybridized carbons (Fsp3) is 0.714. The van der Waals surface area contributed by atoms with Crippen molar-refractivity contribution in [3.05, 3.63) is 12.7 Å². The maximum absolute atomic E-state index is 13.2. The predicted octanol–water partition coefficient (Wildman–Crippen LogP) is 0.146. The SMILES string of the molecule is Nc1ncnc2c1ncn2C1(O)COC(CNC(=O)C23CC4CC(CC(C4)C2)C3)C1O. The van der Waals surface area contributed by atoms with Crippen molar-refractivity contribution in [1.82, 2.24) is 24.8 Å². The summed E-state index contributed by atoms with van der Waals surface area (Å²) in [6.07, 6.45) is 7.41. The maximum Gasteiger partial charge on any atom is 0.226 e. The standard InChI is InChI=1S/C21H28N6O4/c22-17-15-18(25-9-24-17)27(10-26-15)21(30)8-31-14(16(21)28)7-23-19(29)20-4-11-1-12(5-20)3-13(2-11)6-20/h9-14,16,28,30H,1-8H2,(H,23,29)(H2,22,24,25). The van der Waals surface area contributed by atoms with E-state index in [9.17, 15) is 15.0 Å². The lowest BCUT2D eigenvalue weighted by Gasteiger charge is -2.55. The molecule has 5 N–H and O–H groups in total. The molecule has 10 nitrogen and oxygen atoms in total. The van der Waals surface area contributed by atoms with E-state index in [0.29, 0.717) is 28.9 Å². The van der Waals surface area contributed by atoms with Crippen molar-refractivity contribution in [3.8, 4) is 0 Å². The van der Waals surface area contributed by atoms with E-state index in [0.717, 1.165) is 19.3 Å². The van der Waals surface area contributed by atoms with Gasteiger partial charge in [-0.1, -0.05) is 0 Å². The van der Waals surface area contributed by atoms with Crippen LogP contribution in [0, 0.1) is 23.2 Å². The van der Waals surface area contributed by atoms with Crippen molar-refractivity contribution in [3.63, 3.8) is 0 Å². The monoisotopic (exact) mass is 428 g/mol. The first-order valence-corrected chi connectivity index (χ1v) is 11.1. The summed E-state index contributed by atoms with van der Waals surface area (Å²) in [5.41, 5.74) is 4.47. The van der Waals surface area contributed by atoms with Gasteiger partial charge in [-0.05, 0) is 56.3 Å². The van der Waals surface area contributed by atoms with Gasteiger partial charge >= 0.3 is 0 Å². The average molecular weight is 428 g/mol. The van der Waals surface area contributed by atoms with Crippen LogP contribution in [0.15, 0.2) is 12.7 Å². The molecule has 1 amide bonds. The Morgan fingerprint density at radius 1 is 1.19 bits per heavy atom. The second-order valence-corrected chi connectivity index (χ2v) is 10.1. The number of amides is 1. The van der Waals surface area contributed by atoms with Crippen molar-refractivity contribution in [2.24, 2.45) is 23.2 Å². The third-order valence-corrected chi connectivity index (χ3v) is 8.10. The van der Waals surface area contributed by atoms with E-state index < -0.39 is 17.9 Å². The highest BCUT2D eigenvalue weighted by Gasteiger charge is 2.55. The molecule has 4 aliphatic carbocycles. The molecule has 5 fully saturated rings. The summed E-state index contributed by atoms with van der Waals surface area (Å²) < 4.78 is 7.08.